The molecule has 4 heteroatoms. The van der Waals surface area contributed by atoms with Crippen LogP contribution in [0.2, 0.25) is 5.02 Å². The van der Waals surface area contributed by atoms with Gasteiger partial charge in [0.1, 0.15) is 5.76 Å². The van der Waals surface area contributed by atoms with Crippen LogP contribution in [0.25, 0.3) is 22.3 Å². The lowest BCUT2D eigenvalue weighted by molar-refractivity contribution is 0.631. The predicted octanol–water partition coefficient (Wildman–Crippen LogP) is 3.73. The lowest BCUT2D eigenvalue weighted by atomic mass is 10.2. The van der Waals surface area contributed by atoms with E-state index in [1.807, 2.05) is 18.2 Å². The number of halogens is 1. The van der Waals surface area contributed by atoms with Gasteiger partial charge in [-0.2, -0.15) is 0 Å². The van der Waals surface area contributed by atoms with Gasteiger partial charge < -0.3 is 10.2 Å². The van der Waals surface area contributed by atoms with Crippen LogP contribution in [0.5, 0.6) is 0 Å². The molecule has 17 heavy (non-hydrogen) atoms. The number of benzene rings is 1. The zero-order chi connectivity index (χ0) is 11.8. The highest BCUT2D eigenvalue weighted by atomic mass is 35.5. The molecule has 0 saturated heterocycles. The van der Waals surface area contributed by atoms with Crippen molar-refractivity contribution < 1.29 is 4.42 Å². The molecule has 0 bridgehead atoms. The first-order valence-corrected chi connectivity index (χ1v) is 5.51. The van der Waals surface area contributed by atoms with E-state index in [0.29, 0.717) is 22.1 Å². The van der Waals surface area contributed by atoms with Gasteiger partial charge in [0.15, 0.2) is 5.58 Å². The molecule has 3 aromatic rings. The van der Waals surface area contributed by atoms with Crippen LogP contribution in [0.1, 0.15) is 0 Å². The third-order valence-electron chi connectivity index (χ3n) is 2.62. The number of rotatable bonds is 1. The van der Waals surface area contributed by atoms with Crippen molar-refractivity contribution in [2.75, 3.05) is 5.73 Å². The monoisotopic (exact) mass is 244 g/mol. The van der Waals surface area contributed by atoms with E-state index in [0.717, 1.165) is 10.9 Å². The Labute approximate surface area is 103 Å². The quantitative estimate of drug-likeness (QED) is 0.710. The summed E-state index contributed by atoms with van der Waals surface area (Å²) in [6.45, 7) is 0. The molecule has 3 rings (SSSR count). The lowest BCUT2D eigenvalue weighted by Gasteiger charge is -1.99. The lowest BCUT2D eigenvalue weighted by Crippen LogP contribution is -1.89. The van der Waals surface area contributed by atoms with Gasteiger partial charge in [0.2, 0.25) is 0 Å². The second-order valence-electron chi connectivity index (χ2n) is 3.73. The Kier molecular flexibility index (Phi) is 2.27. The van der Waals surface area contributed by atoms with Gasteiger partial charge in [-0.25, -0.2) is 0 Å². The molecule has 0 atom stereocenters. The Bertz CT molecular complexity index is 691. The van der Waals surface area contributed by atoms with Crippen LogP contribution in [-0.2, 0) is 0 Å². The molecule has 2 heterocycles. The number of furan rings is 1. The molecule has 0 amide bonds. The molecule has 0 unspecified atom stereocenters. The fraction of sp³-hybridized carbons (Fsp3) is 0. The Morgan fingerprint density at radius 1 is 1.24 bits per heavy atom. The maximum atomic E-state index is 6.06. The number of hydrogen-bond acceptors (Lipinski definition) is 3. The van der Waals surface area contributed by atoms with Crippen molar-refractivity contribution >= 4 is 28.3 Å². The van der Waals surface area contributed by atoms with Crippen molar-refractivity contribution in [1.29, 1.82) is 0 Å². The third-order valence-corrected chi connectivity index (χ3v) is 2.91. The summed E-state index contributed by atoms with van der Waals surface area (Å²) in [6.07, 6.45) is 3.33. The number of nitrogens with zero attached hydrogens (tertiary/aromatic N) is 1. The number of fused-ring (bicyclic) bond motifs is 1. The van der Waals surface area contributed by atoms with Crippen LogP contribution >= 0.6 is 11.6 Å². The first-order valence-electron chi connectivity index (χ1n) is 5.13. The Morgan fingerprint density at radius 3 is 2.88 bits per heavy atom. The molecule has 84 valence electrons. The summed E-state index contributed by atoms with van der Waals surface area (Å²) in [5.74, 6) is 0.679. The molecule has 0 saturated carbocycles. The minimum atomic E-state index is 0.594. The molecular weight excluding hydrogens is 236 g/mol. The normalized spacial score (nSPS) is 10.9. The standard InChI is InChI=1S/C13H9ClN2O/c14-10-3-1-2-8-6-12(17-13(8)10)9-7-16-5-4-11(9)15/h1-7H,(H2,15,16). The summed E-state index contributed by atoms with van der Waals surface area (Å²) in [4.78, 5) is 4.04. The Balaban J connectivity index is 2.26. The number of anilines is 1. The highest BCUT2D eigenvalue weighted by Crippen LogP contribution is 2.33. The summed E-state index contributed by atoms with van der Waals surface area (Å²) >= 11 is 6.06. The highest BCUT2D eigenvalue weighted by Gasteiger charge is 2.10. The second-order valence-corrected chi connectivity index (χ2v) is 4.14. The molecule has 3 nitrogen and oxygen atoms in total. The van der Waals surface area contributed by atoms with Crippen LogP contribution in [0, 0.1) is 0 Å². The van der Waals surface area contributed by atoms with Crippen LogP contribution in [0.4, 0.5) is 5.69 Å². The van der Waals surface area contributed by atoms with Crippen LogP contribution in [-0.4, -0.2) is 4.98 Å². The molecule has 0 spiro atoms. The average molecular weight is 245 g/mol. The predicted molar refractivity (Wildman–Crippen MR) is 68.9 cm³/mol. The zero-order valence-corrected chi connectivity index (χ0v) is 9.61. The minimum absolute atomic E-state index is 0.594. The highest BCUT2D eigenvalue weighted by molar-refractivity contribution is 6.34. The van der Waals surface area contributed by atoms with Crippen molar-refractivity contribution in [3.8, 4) is 11.3 Å². The summed E-state index contributed by atoms with van der Waals surface area (Å²) in [5, 5.41) is 1.55. The maximum Gasteiger partial charge on any atom is 0.153 e. The maximum absolute atomic E-state index is 6.06. The van der Waals surface area contributed by atoms with Crippen molar-refractivity contribution in [3.05, 3.63) is 47.7 Å². The van der Waals surface area contributed by atoms with Crippen molar-refractivity contribution in [3.63, 3.8) is 0 Å². The molecule has 0 radical (unpaired) electrons. The fourth-order valence-electron chi connectivity index (χ4n) is 1.77. The van der Waals surface area contributed by atoms with E-state index in [2.05, 4.69) is 4.98 Å². The van der Waals surface area contributed by atoms with Crippen molar-refractivity contribution in [1.82, 2.24) is 4.98 Å². The smallest absolute Gasteiger partial charge is 0.153 e. The van der Waals surface area contributed by atoms with E-state index >= 15 is 0 Å². The second kappa shape index (κ2) is 3.79. The average Bonchev–Trinajstić information content (AvgIpc) is 2.75. The number of nitrogen functional groups attached to an aromatic ring is 1. The van der Waals surface area contributed by atoms with E-state index in [9.17, 15) is 0 Å². The minimum Gasteiger partial charge on any atom is -0.454 e. The van der Waals surface area contributed by atoms with Gasteiger partial charge in [-0.1, -0.05) is 23.7 Å². The number of aromatic nitrogens is 1. The molecule has 2 aromatic heterocycles. The topological polar surface area (TPSA) is 52.0 Å². The SMILES string of the molecule is Nc1ccncc1-c1cc2cccc(Cl)c2o1. The van der Waals surface area contributed by atoms with E-state index < -0.39 is 0 Å². The van der Waals surface area contributed by atoms with Gasteiger partial charge >= 0.3 is 0 Å². The van der Waals surface area contributed by atoms with Gasteiger partial charge in [0, 0.05) is 23.5 Å². The molecule has 2 N–H and O–H groups in total. The third kappa shape index (κ3) is 1.65. The van der Waals surface area contributed by atoms with Crippen LogP contribution < -0.4 is 5.73 Å². The van der Waals surface area contributed by atoms with Crippen LogP contribution in [0.3, 0.4) is 0 Å². The first kappa shape index (κ1) is 10.2. The fourth-order valence-corrected chi connectivity index (χ4v) is 1.99. The van der Waals surface area contributed by atoms with E-state index in [1.165, 1.54) is 0 Å². The molecule has 0 aliphatic carbocycles. The van der Waals surface area contributed by atoms with Gasteiger partial charge in [-0.05, 0) is 18.2 Å². The Morgan fingerprint density at radius 2 is 2.12 bits per heavy atom. The summed E-state index contributed by atoms with van der Waals surface area (Å²) < 4.78 is 5.71. The molecule has 0 aliphatic heterocycles. The van der Waals surface area contributed by atoms with Gasteiger partial charge in [-0.15, -0.1) is 0 Å². The number of pyridine rings is 1. The van der Waals surface area contributed by atoms with E-state index in [1.54, 1.807) is 24.5 Å². The molecular formula is C13H9ClN2O. The number of nitrogens with two attached hydrogens (primary N) is 1. The van der Waals surface area contributed by atoms with Crippen LogP contribution in [0.15, 0.2) is 47.1 Å². The summed E-state index contributed by atoms with van der Waals surface area (Å²) in [5.41, 5.74) is 7.97. The van der Waals surface area contributed by atoms with Crippen molar-refractivity contribution in [2.24, 2.45) is 0 Å². The molecule has 0 fully saturated rings. The largest absolute Gasteiger partial charge is 0.454 e. The van der Waals surface area contributed by atoms with E-state index in [4.69, 9.17) is 21.8 Å². The molecule has 1 aromatic carbocycles. The first-order chi connectivity index (χ1) is 8.25. The van der Waals surface area contributed by atoms with E-state index in [-0.39, 0.29) is 0 Å². The summed E-state index contributed by atoms with van der Waals surface area (Å²) in [6, 6.07) is 9.28. The molecule has 0 aliphatic rings. The Hall–Kier alpha value is -2.00. The summed E-state index contributed by atoms with van der Waals surface area (Å²) in [7, 11) is 0. The zero-order valence-electron chi connectivity index (χ0n) is 8.85. The van der Waals surface area contributed by atoms with Gasteiger partial charge in [-0.3, -0.25) is 4.98 Å². The van der Waals surface area contributed by atoms with Crippen molar-refractivity contribution in [2.45, 2.75) is 0 Å². The van der Waals surface area contributed by atoms with Gasteiger partial charge in [0.25, 0.3) is 0 Å². The van der Waals surface area contributed by atoms with Gasteiger partial charge in [0.05, 0.1) is 10.6 Å². The number of para-hydroxylation sites is 1. The number of hydrogen-bond donors (Lipinski definition) is 1.